The summed E-state index contributed by atoms with van der Waals surface area (Å²) in [7, 11) is 0. The van der Waals surface area contributed by atoms with Crippen molar-refractivity contribution in [1.82, 2.24) is 0 Å². The Kier molecular flexibility index (Phi) is 2.37. The normalized spacial score (nSPS) is 18.1. The molecule has 0 spiro atoms. The van der Waals surface area contributed by atoms with E-state index in [1.807, 2.05) is 0 Å². The molecule has 1 aromatic carbocycles. The summed E-state index contributed by atoms with van der Waals surface area (Å²) < 4.78 is 19.2. The van der Waals surface area contributed by atoms with Gasteiger partial charge in [0.25, 0.3) is 0 Å². The number of anilines is 1. The summed E-state index contributed by atoms with van der Waals surface area (Å²) in [4.78, 5) is 11.6. The van der Waals surface area contributed by atoms with Gasteiger partial charge in [-0.3, -0.25) is 4.79 Å². The molecular formula is C12H14FNO2. The van der Waals surface area contributed by atoms with Gasteiger partial charge in [0.1, 0.15) is 5.60 Å². The topological polar surface area (TPSA) is 38.3 Å². The standard InChI is InChI=1S/C12H14FNO2/c1-7-4-5-8(13)11-10(7)14-9(15)6-12(2,3)16-11/h4-5H,6H2,1-3H3,(H,14,15). The van der Waals surface area contributed by atoms with E-state index < -0.39 is 11.4 Å². The summed E-state index contributed by atoms with van der Waals surface area (Å²) >= 11 is 0. The Labute approximate surface area is 93.6 Å². The second kappa shape index (κ2) is 3.47. The summed E-state index contributed by atoms with van der Waals surface area (Å²) in [6.07, 6.45) is 0.209. The summed E-state index contributed by atoms with van der Waals surface area (Å²) in [6, 6.07) is 2.97. The summed E-state index contributed by atoms with van der Waals surface area (Å²) in [5.41, 5.74) is 0.544. The predicted octanol–water partition coefficient (Wildman–Crippen LogP) is 2.63. The van der Waals surface area contributed by atoms with E-state index in [1.54, 1.807) is 26.8 Å². The minimum Gasteiger partial charge on any atom is -0.482 e. The van der Waals surface area contributed by atoms with E-state index >= 15 is 0 Å². The fraction of sp³-hybridized carbons (Fsp3) is 0.417. The Morgan fingerprint density at radius 2 is 2.12 bits per heavy atom. The van der Waals surface area contributed by atoms with E-state index in [-0.39, 0.29) is 18.1 Å². The Balaban J connectivity index is 2.58. The fourth-order valence-electron chi connectivity index (χ4n) is 1.79. The van der Waals surface area contributed by atoms with Crippen LogP contribution in [0.5, 0.6) is 5.75 Å². The van der Waals surface area contributed by atoms with Crippen LogP contribution < -0.4 is 10.1 Å². The average Bonchev–Trinajstić information content (AvgIpc) is 2.27. The number of ether oxygens (including phenoxy) is 1. The first-order valence-electron chi connectivity index (χ1n) is 5.17. The SMILES string of the molecule is Cc1ccc(F)c2c1NC(=O)CC(C)(C)O2. The molecule has 0 saturated heterocycles. The Hall–Kier alpha value is -1.58. The van der Waals surface area contributed by atoms with Crippen LogP contribution in [0, 0.1) is 12.7 Å². The van der Waals surface area contributed by atoms with Crippen LogP contribution in [0.4, 0.5) is 10.1 Å². The smallest absolute Gasteiger partial charge is 0.228 e. The van der Waals surface area contributed by atoms with Crippen LogP contribution in [-0.4, -0.2) is 11.5 Å². The molecule has 4 heteroatoms. The van der Waals surface area contributed by atoms with Gasteiger partial charge >= 0.3 is 0 Å². The number of fused-ring (bicyclic) bond motifs is 1. The molecule has 1 aromatic rings. The molecule has 1 amide bonds. The quantitative estimate of drug-likeness (QED) is 0.734. The van der Waals surface area contributed by atoms with Gasteiger partial charge in [0, 0.05) is 0 Å². The first-order chi connectivity index (χ1) is 7.39. The first-order valence-corrected chi connectivity index (χ1v) is 5.17. The zero-order valence-corrected chi connectivity index (χ0v) is 9.56. The van der Waals surface area contributed by atoms with Gasteiger partial charge in [-0.15, -0.1) is 0 Å². The number of aryl methyl sites for hydroxylation is 1. The molecular weight excluding hydrogens is 209 g/mol. The third-order valence-corrected chi connectivity index (χ3v) is 2.55. The molecule has 16 heavy (non-hydrogen) atoms. The number of hydrogen-bond acceptors (Lipinski definition) is 2. The number of benzene rings is 1. The summed E-state index contributed by atoms with van der Waals surface area (Å²) in [6.45, 7) is 5.34. The van der Waals surface area contributed by atoms with Crippen LogP contribution in [0.25, 0.3) is 0 Å². The lowest BCUT2D eigenvalue weighted by atomic mass is 10.1. The van der Waals surface area contributed by atoms with Crippen LogP contribution in [0.15, 0.2) is 12.1 Å². The van der Waals surface area contributed by atoms with Gasteiger partial charge < -0.3 is 10.1 Å². The van der Waals surface area contributed by atoms with Crippen LogP contribution in [0.1, 0.15) is 25.8 Å². The number of carbonyl (C=O) groups excluding carboxylic acids is 1. The summed E-state index contributed by atoms with van der Waals surface area (Å²) in [5.74, 6) is -0.468. The predicted molar refractivity (Wildman–Crippen MR) is 59.1 cm³/mol. The van der Waals surface area contributed by atoms with Crippen molar-refractivity contribution in [3.8, 4) is 5.75 Å². The first kappa shape index (κ1) is 10.9. The lowest BCUT2D eigenvalue weighted by molar-refractivity contribution is -0.118. The van der Waals surface area contributed by atoms with E-state index in [1.165, 1.54) is 6.07 Å². The van der Waals surface area contributed by atoms with Gasteiger partial charge in [-0.25, -0.2) is 4.39 Å². The Bertz CT molecular complexity index is 455. The van der Waals surface area contributed by atoms with Gasteiger partial charge in [0.2, 0.25) is 5.91 Å². The minimum atomic E-state index is -0.691. The van der Waals surface area contributed by atoms with Gasteiger partial charge in [-0.2, -0.15) is 0 Å². The van der Waals surface area contributed by atoms with E-state index in [2.05, 4.69) is 5.32 Å². The molecule has 3 nitrogen and oxygen atoms in total. The van der Waals surface area contributed by atoms with E-state index in [0.29, 0.717) is 5.69 Å². The molecule has 0 bridgehead atoms. The average molecular weight is 223 g/mol. The highest BCUT2D eigenvalue weighted by atomic mass is 19.1. The number of carbonyl (C=O) groups is 1. The van der Waals surface area contributed by atoms with Crippen LogP contribution in [0.3, 0.4) is 0 Å². The molecule has 0 aromatic heterocycles. The van der Waals surface area contributed by atoms with Crippen molar-refractivity contribution in [2.45, 2.75) is 32.8 Å². The van der Waals surface area contributed by atoms with Crippen LogP contribution >= 0.6 is 0 Å². The lowest BCUT2D eigenvalue weighted by Gasteiger charge is -2.23. The van der Waals surface area contributed by atoms with E-state index in [4.69, 9.17) is 4.74 Å². The molecule has 1 N–H and O–H groups in total. The maximum Gasteiger partial charge on any atom is 0.228 e. The Morgan fingerprint density at radius 3 is 2.81 bits per heavy atom. The molecule has 0 radical (unpaired) electrons. The lowest BCUT2D eigenvalue weighted by Crippen LogP contribution is -2.31. The molecule has 1 aliphatic rings. The zero-order chi connectivity index (χ0) is 11.9. The van der Waals surface area contributed by atoms with Crippen molar-refractivity contribution in [3.05, 3.63) is 23.5 Å². The highest BCUT2D eigenvalue weighted by Crippen LogP contribution is 2.37. The van der Waals surface area contributed by atoms with Crippen LogP contribution in [-0.2, 0) is 4.79 Å². The molecule has 1 aliphatic heterocycles. The van der Waals surface area contributed by atoms with Gasteiger partial charge in [-0.1, -0.05) is 6.07 Å². The van der Waals surface area contributed by atoms with Crippen LogP contribution in [0.2, 0.25) is 0 Å². The monoisotopic (exact) mass is 223 g/mol. The maximum atomic E-state index is 13.6. The molecule has 0 fully saturated rings. The van der Waals surface area contributed by atoms with E-state index in [0.717, 1.165) is 5.56 Å². The van der Waals surface area contributed by atoms with Crippen molar-refractivity contribution >= 4 is 11.6 Å². The summed E-state index contributed by atoms with van der Waals surface area (Å²) in [5, 5.41) is 2.68. The van der Waals surface area contributed by atoms with Gasteiger partial charge in [-0.05, 0) is 32.4 Å². The molecule has 0 unspecified atom stereocenters. The number of amides is 1. The molecule has 1 heterocycles. The fourth-order valence-corrected chi connectivity index (χ4v) is 1.79. The molecule has 0 atom stereocenters. The van der Waals surface area contributed by atoms with Crippen molar-refractivity contribution in [3.63, 3.8) is 0 Å². The zero-order valence-electron chi connectivity index (χ0n) is 9.56. The molecule has 2 rings (SSSR count). The number of hydrogen-bond donors (Lipinski definition) is 1. The van der Waals surface area contributed by atoms with Crippen molar-refractivity contribution in [1.29, 1.82) is 0 Å². The molecule has 86 valence electrons. The molecule has 0 aliphatic carbocycles. The number of nitrogens with one attached hydrogen (secondary N) is 1. The van der Waals surface area contributed by atoms with Gasteiger partial charge in [0.15, 0.2) is 11.6 Å². The van der Waals surface area contributed by atoms with Crippen molar-refractivity contribution in [2.75, 3.05) is 5.32 Å². The Morgan fingerprint density at radius 1 is 1.44 bits per heavy atom. The van der Waals surface area contributed by atoms with Gasteiger partial charge in [0.05, 0.1) is 12.1 Å². The number of halogens is 1. The third-order valence-electron chi connectivity index (χ3n) is 2.55. The second-order valence-electron chi connectivity index (χ2n) is 4.66. The highest BCUT2D eigenvalue weighted by Gasteiger charge is 2.31. The highest BCUT2D eigenvalue weighted by molar-refractivity contribution is 5.94. The third kappa shape index (κ3) is 1.87. The largest absolute Gasteiger partial charge is 0.482 e. The second-order valence-corrected chi connectivity index (χ2v) is 4.66. The minimum absolute atomic E-state index is 0.135. The van der Waals surface area contributed by atoms with E-state index in [9.17, 15) is 9.18 Å². The maximum absolute atomic E-state index is 13.6. The van der Waals surface area contributed by atoms with Crippen molar-refractivity contribution < 1.29 is 13.9 Å². The number of rotatable bonds is 0. The molecule has 0 saturated carbocycles. The van der Waals surface area contributed by atoms with Crippen molar-refractivity contribution in [2.24, 2.45) is 0 Å².